The van der Waals surface area contributed by atoms with Crippen LogP contribution in [-0.2, 0) is 11.3 Å². The van der Waals surface area contributed by atoms with Gasteiger partial charge in [0.25, 0.3) is 5.91 Å². The monoisotopic (exact) mass is 590 g/mol. The fourth-order valence-electron chi connectivity index (χ4n) is 3.42. The Morgan fingerprint density at radius 3 is 2.21 bits per heavy atom. The normalized spacial score (nSPS) is 14.8. The zero-order valence-electron chi connectivity index (χ0n) is 20.2. The number of ketones is 1. The van der Waals surface area contributed by atoms with Gasteiger partial charge in [0, 0.05) is 30.4 Å². The molecule has 0 atom stereocenters. The SMILES string of the molecule is CCOc1cc2c(cc1C(=O)NC)C(=N)N(CC(=O)c1cc(N)cc(S(F)(F)(F)(F)F)c1)C2.O=CC(F)(F)F. The average molecular weight is 590 g/mol. The van der Waals surface area contributed by atoms with E-state index in [0.717, 1.165) is 6.07 Å². The summed E-state index contributed by atoms with van der Waals surface area (Å²) in [5.74, 6) is -1.26. The molecular weight excluding hydrogens is 568 g/mol. The van der Waals surface area contributed by atoms with Crippen LogP contribution in [0.25, 0.3) is 0 Å². The number of carbonyl (C=O) groups excluding carboxylic acids is 3. The number of Topliss-reactive ketones (excluding diaryl/α,β-unsaturated/α-hetero) is 1. The molecule has 3 rings (SSSR count). The van der Waals surface area contributed by atoms with Crippen molar-refractivity contribution in [1.29, 1.82) is 5.41 Å². The standard InChI is InChI=1S/C20H21F5N4O3S.C2HF3O/c1-3-32-18-6-12-9-29(19(27)15(12)8-16(18)20(31)28-2)10-17(30)11-4-13(26)7-14(5-11)33(21,22,23,24)25;3-2(4,5)1-6/h4-8,27H,3,9-10,26H2,1-2H3,(H,28,31);1H. The number of nitrogens with two attached hydrogens (primary N) is 1. The maximum absolute atomic E-state index is 13.2. The summed E-state index contributed by atoms with van der Waals surface area (Å²) < 4.78 is 103. The van der Waals surface area contributed by atoms with Crippen LogP contribution >= 0.6 is 10.2 Å². The average Bonchev–Trinajstić information content (AvgIpc) is 3.10. The van der Waals surface area contributed by atoms with Crippen molar-refractivity contribution in [2.24, 2.45) is 0 Å². The highest BCUT2D eigenvalue weighted by Gasteiger charge is 2.65. The van der Waals surface area contributed by atoms with Crippen molar-refractivity contribution in [3.63, 3.8) is 0 Å². The third kappa shape index (κ3) is 8.05. The summed E-state index contributed by atoms with van der Waals surface area (Å²) in [6.07, 6.45) is -5.70. The Morgan fingerprint density at radius 2 is 1.72 bits per heavy atom. The van der Waals surface area contributed by atoms with Crippen LogP contribution in [0, 0.1) is 5.41 Å². The molecule has 0 bridgehead atoms. The third-order valence-electron chi connectivity index (χ3n) is 5.07. The van der Waals surface area contributed by atoms with Gasteiger partial charge in [-0.15, -0.1) is 0 Å². The van der Waals surface area contributed by atoms with Crippen molar-refractivity contribution < 1.29 is 51.7 Å². The quantitative estimate of drug-likeness (QED) is 0.170. The van der Waals surface area contributed by atoms with E-state index in [-0.39, 0.29) is 42.4 Å². The smallest absolute Gasteiger partial charge is 0.446 e. The topological polar surface area (TPSA) is 126 Å². The number of carbonyl (C=O) groups is 3. The Hall–Kier alpha value is -3.89. The molecule has 4 N–H and O–H groups in total. The van der Waals surface area contributed by atoms with Gasteiger partial charge in [0.2, 0.25) is 6.29 Å². The van der Waals surface area contributed by atoms with Crippen LogP contribution in [0.4, 0.5) is 38.3 Å². The summed E-state index contributed by atoms with van der Waals surface area (Å²) in [5.41, 5.74) is 5.13. The maximum Gasteiger partial charge on any atom is 0.446 e. The largest absolute Gasteiger partial charge is 0.493 e. The summed E-state index contributed by atoms with van der Waals surface area (Å²) in [6.45, 7) is 1.47. The van der Waals surface area contributed by atoms with E-state index >= 15 is 0 Å². The van der Waals surface area contributed by atoms with E-state index in [2.05, 4.69) is 5.32 Å². The van der Waals surface area contributed by atoms with Gasteiger partial charge >= 0.3 is 16.4 Å². The number of nitrogens with zero attached hydrogens (tertiary/aromatic N) is 1. The summed E-state index contributed by atoms with van der Waals surface area (Å²) in [4.78, 5) is 32.5. The molecule has 0 aliphatic carbocycles. The van der Waals surface area contributed by atoms with Crippen molar-refractivity contribution in [3.05, 3.63) is 52.6 Å². The van der Waals surface area contributed by atoms with Crippen LogP contribution in [-0.4, -0.2) is 55.1 Å². The number of fused-ring (bicyclic) bond motifs is 1. The van der Waals surface area contributed by atoms with Crippen LogP contribution in [0.2, 0.25) is 0 Å². The highest BCUT2D eigenvalue weighted by Crippen LogP contribution is 3.02. The van der Waals surface area contributed by atoms with Crippen molar-refractivity contribution in [2.75, 3.05) is 25.9 Å². The minimum Gasteiger partial charge on any atom is -0.493 e. The van der Waals surface area contributed by atoms with E-state index in [4.69, 9.17) is 20.7 Å². The van der Waals surface area contributed by atoms with Crippen LogP contribution in [0.1, 0.15) is 38.8 Å². The number of amidine groups is 1. The van der Waals surface area contributed by atoms with Gasteiger partial charge in [0.15, 0.2) is 5.78 Å². The van der Waals surface area contributed by atoms with E-state index in [0.29, 0.717) is 11.1 Å². The van der Waals surface area contributed by atoms with Crippen LogP contribution in [0.15, 0.2) is 35.2 Å². The van der Waals surface area contributed by atoms with Crippen molar-refractivity contribution in [2.45, 2.75) is 24.5 Å². The fourth-order valence-corrected chi connectivity index (χ4v) is 4.13. The van der Waals surface area contributed by atoms with Crippen LogP contribution in [0.3, 0.4) is 0 Å². The minimum atomic E-state index is -10.0. The highest BCUT2D eigenvalue weighted by molar-refractivity contribution is 8.45. The molecular formula is C22H22F8N4O4S. The van der Waals surface area contributed by atoms with Crippen molar-refractivity contribution >= 4 is 39.7 Å². The number of nitrogen functional groups attached to an aromatic ring is 1. The first-order valence-corrected chi connectivity index (χ1v) is 12.6. The van der Waals surface area contributed by atoms with Crippen LogP contribution < -0.4 is 15.8 Å². The van der Waals surface area contributed by atoms with E-state index in [9.17, 15) is 42.2 Å². The summed E-state index contributed by atoms with van der Waals surface area (Å²) >= 11 is 0. The second kappa shape index (κ2) is 10.0. The molecule has 1 amide bonds. The van der Waals surface area contributed by atoms with E-state index in [1.807, 2.05) is 0 Å². The van der Waals surface area contributed by atoms with Gasteiger partial charge in [-0.2, -0.15) is 13.2 Å². The van der Waals surface area contributed by atoms with Crippen molar-refractivity contribution in [1.82, 2.24) is 10.2 Å². The van der Waals surface area contributed by atoms with Gasteiger partial charge in [-0.1, -0.05) is 19.4 Å². The number of alkyl halides is 3. The molecule has 0 spiro atoms. The molecule has 1 heterocycles. The molecule has 0 unspecified atom stereocenters. The lowest BCUT2D eigenvalue weighted by atomic mass is 10.0. The Morgan fingerprint density at radius 1 is 1.13 bits per heavy atom. The number of amides is 1. The van der Waals surface area contributed by atoms with Gasteiger partial charge in [0.05, 0.1) is 18.7 Å². The first kappa shape index (κ1) is 31.3. The van der Waals surface area contributed by atoms with Crippen molar-refractivity contribution in [3.8, 4) is 5.75 Å². The molecule has 17 heteroatoms. The lowest BCUT2D eigenvalue weighted by molar-refractivity contribution is -0.156. The first-order chi connectivity index (χ1) is 17.6. The minimum absolute atomic E-state index is 0.0325. The van der Waals surface area contributed by atoms with Gasteiger partial charge in [0.1, 0.15) is 16.5 Å². The number of ether oxygens (including phenoxy) is 1. The first-order valence-electron chi connectivity index (χ1n) is 10.7. The van der Waals surface area contributed by atoms with E-state index in [1.165, 1.54) is 18.0 Å². The molecule has 2 aromatic rings. The number of halogens is 8. The number of hydrogen-bond donors (Lipinski definition) is 3. The third-order valence-corrected chi connectivity index (χ3v) is 6.20. The van der Waals surface area contributed by atoms with Gasteiger partial charge < -0.3 is 20.7 Å². The summed E-state index contributed by atoms with van der Waals surface area (Å²) in [5, 5.41) is 10.8. The zero-order valence-corrected chi connectivity index (χ0v) is 21.0. The predicted molar refractivity (Wildman–Crippen MR) is 127 cm³/mol. The Bertz CT molecular complexity index is 1330. The molecule has 8 nitrogen and oxygen atoms in total. The molecule has 1 aliphatic rings. The van der Waals surface area contributed by atoms with Gasteiger partial charge in [-0.05, 0) is 42.8 Å². The van der Waals surface area contributed by atoms with E-state index in [1.54, 1.807) is 13.0 Å². The lowest BCUT2D eigenvalue weighted by Crippen LogP contribution is -2.30. The zero-order chi connectivity index (χ0) is 30.0. The number of benzene rings is 2. The molecule has 39 heavy (non-hydrogen) atoms. The molecule has 216 valence electrons. The number of rotatable bonds is 7. The molecule has 0 radical (unpaired) electrons. The molecule has 1 aliphatic heterocycles. The summed E-state index contributed by atoms with van der Waals surface area (Å²) in [6, 6.07) is 4.01. The number of anilines is 1. The molecule has 0 aromatic heterocycles. The molecule has 2 aromatic carbocycles. The Labute approximate surface area is 216 Å². The number of hydrogen-bond acceptors (Lipinski definition) is 6. The molecule has 0 fully saturated rings. The second-order valence-corrected chi connectivity index (χ2v) is 10.5. The number of nitrogens with one attached hydrogen (secondary N) is 2. The Kier molecular flexibility index (Phi) is 8.04. The maximum atomic E-state index is 13.2. The molecule has 0 saturated carbocycles. The predicted octanol–water partition coefficient (Wildman–Crippen LogP) is 5.46. The van der Waals surface area contributed by atoms with Crippen LogP contribution in [0.5, 0.6) is 5.75 Å². The van der Waals surface area contributed by atoms with E-state index < -0.39 is 57.1 Å². The summed E-state index contributed by atoms with van der Waals surface area (Å²) in [7, 11) is -8.62. The fraction of sp³-hybridized carbons (Fsp3) is 0.273. The van der Waals surface area contributed by atoms with Gasteiger partial charge in [-0.3, -0.25) is 19.8 Å². The Balaban J connectivity index is 0.000000798. The highest BCUT2D eigenvalue weighted by atomic mass is 32.5. The second-order valence-electron chi connectivity index (χ2n) is 8.06. The van der Waals surface area contributed by atoms with Gasteiger partial charge in [-0.25, -0.2) is 0 Å². The number of aldehydes is 1. The molecule has 0 saturated heterocycles. The lowest BCUT2D eigenvalue weighted by Gasteiger charge is -2.40.